The molecule has 0 saturated heterocycles. The third-order valence-electron chi connectivity index (χ3n) is 8.53. The van der Waals surface area contributed by atoms with Gasteiger partial charge in [-0.1, -0.05) is 57.5 Å². The maximum atomic E-state index is 15.7. The Morgan fingerprint density at radius 3 is 2.53 bits per heavy atom. The van der Waals surface area contributed by atoms with E-state index >= 15 is 4.39 Å². The number of nitriles is 1. The zero-order valence-corrected chi connectivity index (χ0v) is 28.5. The van der Waals surface area contributed by atoms with Crippen LogP contribution in [0.3, 0.4) is 0 Å². The summed E-state index contributed by atoms with van der Waals surface area (Å²) in [4.78, 5) is 24.4. The summed E-state index contributed by atoms with van der Waals surface area (Å²) in [6.07, 6.45) is 5.05. The van der Waals surface area contributed by atoms with Crippen LogP contribution in [0, 0.1) is 23.0 Å². The molecular formula is C37H38F2N6O3S. The van der Waals surface area contributed by atoms with Crippen molar-refractivity contribution in [3.8, 4) is 17.3 Å². The molecule has 0 unspecified atom stereocenters. The number of carbonyl (C=O) groups excluding carboxylic acids is 1. The van der Waals surface area contributed by atoms with Crippen molar-refractivity contribution in [2.75, 3.05) is 19.9 Å². The van der Waals surface area contributed by atoms with Gasteiger partial charge in [-0.2, -0.15) is 10.4 Å². The number of aromatic nitrogens is 4. The minimum absolute atomic E-state index is 0.0379. The van der Waals surface area contributed by atoms with Crippen LogP contribution in [0.4, 0.5) is 8.78 Å². The molecule has 2 aromatic heterocycles. The summed E-state index contributed by atoms with van der Waals surface area (Å²) in [5.74, 6) is -2.84. The Morgan fingerprint density at radius 2 is 1.88 bits per heavy atom. The van der Waals surface area contributed by atoms with Gasteiger partial charge >= 0.3 is 5.97 Å². The van der Waals surface area contributed by atoms with E-state index in [9.17, 15) is 14.4 Å². The lowest BCUT2D eigenvalue weighted by Gasteiger charge is -2.38. The monoisotopic (exact) mass is 684 g/mol. The standard InChI is InChI=1S/C37H38F2N6O3S/c1-4-6-17-44(5-2)20-28-9-13-30(14-10-28)36(46)47-25-48-37(22-45-24-41-23-42-45,32-16-15-31(38)18-33(32)39)26(3)35-43-34(21-49-35)29-11-7-27(19-40)8-12-29/h7-16,18,21,23-24,26H,4-6,17,20,22,25H2,1-3H3/t26-,37+/m0/s1. The van der Waals surface area contributed by atoms with Crippen molar-refractivity contribution in [1.82, 2.24) is 24.6 Å². The third-order valence-corrected chi connectivity index (χ3v) is 9.56. The number of benzene rings is 3. The normalized spacial score (nSPS) is 13.2. The largest absolute Gasteiger partial charge is 0.435 e. The summed E-state index contributed by atoms with van der Waals surface area (Å²) in [5.41, 5.74) is 1.88. The molecule has 0 radical (unpaired) electrons. The second-order valence-corrected chi connectivity index (χ2v) is 12.6. The number of hydrogen-bond acceptors (Lipinski definition) is 9. The second-order valence-electron chi connectivity index (χ2n) is 11.7. The Kier molecular flexibility index (Phi) is 12.0. The number of ether oxygens (including phenoxy) is 2. The lowest BCUT2D eigenvalue weighted by atomic mass is 9.81. The van der Waals surface area contributed by atoms with Gasteiger partial charge in [0, 0.05) is 35.0 Å². The summed E-state index contributed by atoms with van der Waals surface area (Å²) in [5, 5.41) is 15.9. The van der Waals surface area contributed by atoms with Crippen molar-refractivity contribution in [1.29, 1.82) is 5.26 Å². The molecule has 0 N–H and O–H groups in total. The SMILES string of the molecule is CCCCN(CC)Cc1ccc(C(=O)OCO[C@@](Cn2cncn2)(c2ccc(F)cc2F)[C@@H](C)c2nc(-c3ccc(C#N)cc3)cs2)cc1. The highest BCUT2D eigenvalue weighted by Crippen LogP contribution is 2.44. The van der Waals surface area contributed by atoms with E-state index in [4.69, 9.17) is 14.5 Å². The maximum absolute atomic E-state index is 15.7. The van der Waals surface area contributed by atoms with Crippen molar-refractivity contribution in [2.45, 2.75) is 58.2 Å². The van der Waals surface area contributed by atoms with Crippen LogP contribution in [-0.4, -0.2) is 50.5 Å². The van der Waals surface area contributed by atoms with E-state index in [0.717, 1.165) is 55.7 Å². The molecule has 12 heteroatoms. The Hall–Kier alpha value is -4.83. The Balaban J connectivity index is 1.42. The number of halogens is 2. The molecular weight excluding hydrogens is 647 g/mol. The number of rotatable bonds is 16. The van der Waals surface area contributed by atoms with Gasteiger partial charge in [-0.25, -0.2) is 28.2 Å². The van der Waals surface area contributed by atoms with Gasteiger partial charge in [-0.05, 0) is 55.4 Å². The average molecular weight is 685 g/mol. The minimum Gasteiger partial charge on any atom is -0.435 e. The molecule has 0 aliphatic rings. The quantitative estimate of drug-likeness (QED) is 0.0769. The van der Waals surface area contributed by atoms with Crippen molar-refractivity contribution in [3.63, 3.8) is 0 Å². The van der Waals surface area contributed by atoms with E-state index in [-0.39, 0.29) is 12.1 Å². The van der Waals surface area contributed by atoms with Gasteiger partial charge in [-0.15, -0.1) is 11.3 Å². The number of esters is 1. The lowest BCUT2D eigenvalue weighted by Crippen LogP contribution is -2.42. The highest BCUT2D eigenvalue weighted by molar-refractivity contribution is 7.10. The number of unbranched alkanes of at least 4 members (excludes halogenated alkanes) is 1. The predicted molar refractivity (Wildman–Crippen MR) is 182 cm³/mol. The van der Waals surface area contributed by atoms with Crippen LogP contribution in [0.1, 0.15) is 71.6 Å². The first kappa shape index (κ1) is 35.5. The fraction of sp³-hybridized carbons (Fsp3) is 0.324. The minimum atomic E-state index is -1.57. The van der Waals surface area contributed by atoms with Gasteiger partial charge in [0.05, 0.1) is 34.4 Å². The topological polar surface area (TPSA) is 106 Å². The molecule has 9 nitrogen and oxygen atoms in total. The molecule has 0 amide bonds. The van der Waals surface area contributed by atoms with Crippen LogP contribution in [-0.2, 0) is 28.2 Å². The molecule has 254 valence electrons. The molecule has 2 heterocycles. The molecule has 0 spiro atoms. The van der Waals surface area contributed by atoms with E-state index in [0.29, 0.717) is 21.8 Å². The van der Waals surface area contributed by atoms with Crippen LogP contribution >= 0.6 is 11.3 Å². The van der Waals surface area contributed by atoms with E-state index in [1.807, 2.05) is 24.4 Å². The number of thiazole rings is 1. The number of carbonyl (C=O) groups is 1. The van der Waals surface area contributed by atoms with E-state index in [1.54, 1.807) is 36.4 Å². The summed E-state index contributed by atoms with van der Waals surface area (Å²) in [6, 6.07) is 19.7. The van der Waals surface area contributed by atoms with E-state index in [2.05, 4.69) is 34.9 Å². The van der Waals surface area contributed by atoms with Gasteiger partial charge in [0.1, 0.15) is 29.9 Å². The van der Waals surface area contributed by atoms with Gasteiger partial charge in [-0.3, -0.25) is 4.90 Å². The second kappa shape index (κ2) is 16.5. The molecule has 5 rings (SSSR count). The molecule has 0 bridgehead atoms. The van der Waals surface area contributed by atoms with Gasteiger partial charge in [0.25, 0.3) is 0 Å². The highest BCUT2D eigenvalue weighted by atomic mass is 32.1. The molecule has 2 atom stereocenters. The first-order valence-corrected chi connectivity index (χ1v) is 17.0. The molecule has 3 aromatic carbocycles. The lowest BCUT2D eigenvalue weighted by molar-refractivity contribution is -0.148. The number of nitrogens with zero attached hydrogens (tertiary/aromatic N) is 6. The van der Waals surface area contributed by atoms with Crippen molar-refractivity contribution < 1.29 is 23.0 Å². The van der Waals surface area contributed by atoms with E-state index < -0.39 is 35.9 Å². The summed E-state index contributed by atoms with van der Waals surface area (Å²) >= 11 is 1.34. The smallest absolute Gasteiger partial charge is 0.340 e. The average Bonchev–Trinajstić information content (AvgIpc) is 3.83. The summed E-state index contributed by atoms with van der Waals surface area (Å²) in [6.45, 7) is 8.25. The fourth-order valence-corrected chi connectivity index (χ4v) is 6.60. The molecule has 5 aromatic rings. The maximum Gasteiger partial charge on any atom is 0.340 e. The van der Waals surface area contributed by atoms with Gasteiger partial charge < -0.3 is 9.47 Å². The van der Waals surface area contributed by atoms with Gasteiger partial charge in [0.2, 0.25) is 0 Å². The predicted octanol–water partition coefficient (Wildman–Crippen LogP) is 7.70. The zero-order chi connectivity index (χ0) is 34.8. The van der Waals surface area contributed by atoms with Crippen LogP contribution in [0.5, 0.6) is 0 Å². The van der Waals surface area contributed by atoms with Crippen molar-refractivity contribution in [2.24, 2.45) is 0 Å². The summed E-state index contributed by atoms with van der Waals surface area (Å²) in [7, 11) is 0. The van der Waals surface area contributed by atoms with Crippen LogP contribution < -0.4 is 0 Å². The number of hydrogen-bond donors (Lipinski definition) is 0. The van der Waals surface area contributed by atoms with Gasteiger partial charge in [0.15, 0.2) is 6.79 Å². The van der Waals surface area contributed by atoms with Crippen LogP contribution in [0.2, 0.25) is 0 Å². The Bertz CT molecular complexity index is 1860. The first-order chi connectivity index (χ1) is 23.8. The molecule has 0 saturated carbocycles. The zero-order valence-electron chi connectivity index (χ0n) is 27.7. The van der Waals surface area contributed by atoms with Crippen LogP contribution in [0.15, 0.2) is 84.8 Å². The summed E-state index contributed by atoms with van der Waals surface area (Å²) < 4.78 is 43.4. The molecule has 49 heavy (non-hydrogen) atoms. The Morgan fingerprint density at radius 1 is 1.10 bits per heavy atom. The fourth-order valence-electron chi connectivity index (χ4n) is 5.63. The van der Waals surface area contributed by atoms with E-state index in [1.165, 1.54) is 34.7 Å². The molecule has 0 fully saturated rings. The van der Waals surface area contributed by atoms with Crippen molar-refractivity contribution >= 4 is 17.3 Å². The molecule has 0 aliphatic heterocycles. The van der Waals surface area contributed by atoms with Crippen molar-refractivity contribution in [3.05, 3.63) is 124 Å². The van der Waals surface area contributed by atoms with Crippen LogP contribution in [0.25, 0.3) is 11.3 Å². The Labute approximate surface area is 288 Å². The highest BCUT2D eigenvalue weighted by Gasteiger charge is 2.45. The first-order valence-electron chi connectivity index (χ1n) is 16.1. The molecule has 0 aliphatic carbocycles. The third kappa shape index (κ3) is 8.61.